The molecule has 0 spiro atoms. The maximum Gasteiger partial charge on any atom is 0.315 e. The summed E-state index contributed by atoms with van der Waals surface area (Å²) in [6, 6.07) is 0. The van der Waals surface area contributed by atoms with Crippen LogP contribution >= 0.6 is 0 Å². The van der Waals surface area contributed by atoms with Gasteiger partial charge < -0.3 is 139 Å². The molecular formula is C60H98O29. The topological polar surface area (TPSA) is 474 Å². The third-order valence-corrected chi connectivity index (χ3v) is 23.6. The Morgan fingerprint density at radius 3 is 1.52 bits per heavy atom. The Labute approximate surface area is 515 Å². The minimum absolute atomic E-state index is 0.141. The van der Waals surface area contributed by atoms with E-state index in [-0.39, 0.29) is 23.7 Å². The van der Waals surface area contributed by atoms with Gasteiger partial charge in [0.05, 0.1) is 56.8 Å². The molecule has 29 heteroatoms. The summed E-state index contributed by atoms with van der Waals surface area (Å²) in [6.45, 7) is 10.2. The van der Waals surface area contributed by atoms with Gasteiger partial charge in [-0.15, -0.1) is 0 Å². The van der Waals surface area contributed by atoms with E-state index < -0.39 is 238 Å². The summed E-state index contributed by atoms with van der Waals surface area (Å²) in [4.78, 5) is 15.8. The average molecular weight is 1280 g/mol. The summed E-state index contributed by atoms with van der Waals surface area (Å²) in [7, 11) is 0. The van der Waals surface area contributed by atoms with E-state index in [4.69, 9.17) is 47.4 Å². The first-order valence-electron chi connectivity index (χ1n) is 31.5. The predicted molar refractivity (Wildman–Crippen MR) is 297 cm³/mol. The standard InChI is InChI=1S/C60H98O29/c1-23-33(67)38(72)41(75)49(80-23)87-47-46(86-51-43(77)40(74)35(69)28(19-62)82-51)37(71)30(21-64)84-53(47)89-54(79)60-14-12-55(2,3)16-25(60)24-8-9-32-56(4)17-26(66)48(57(5,22-65)31(56)10-11-59(32,7)58(24,6)13-15-60)88-52-44(78)45(36(70)29(20-63)83-52)85-50-42(76)39(73)34(68)27(18-61)81-50/h8,23,25-53,61-78H,9-22H2,1-7H3/t23-,25-,26-,27+,28+,29+,30+,31+,32+,33-,34+,35+,36+,37+,38+,39-,40-,41+,42+,43+,44+,45-,46-,47+,48-,49-,50-,51-,52-,53-,56-,57-,58+,59+,60-/m0/s1. The van der Waals surface area contributed by atoms with Gasteiger partial charge in [-0.1, -0.05) is 53.2 Å². The molecule has 4 saturated carbocycles. The van der Waals surface area contributed by atoms with Crippen LogP contribution in [0.25, 0.3) is 0 Å². The number of esters is 1. The van der Waals surface area contributed by atoms with Crippen LogP contribution in [-0.2, 0) is 52.2 Å². The Morgan fingerprint density at radius 2 is 0.966 bits per heavy atom. The smallest absolute Gasteiger partial charge is 0.315 e. The van der Waals surface area contributed by atoms with Gasteiger partial charge in [-0.05, 0) is 104 Å². The summed E-state index contributed by atoms with van der Waals surface area (Å²) in [6.07, 6.45) is -40.1. The fourth-order valence-corrected chi connectivity index (χ4v) is 18.1. The van der Waals surface area contributed by atoms with E-state index in [2.05, 4.69) is 40.7 Å². The highest BCUT2D eigenvalue weighted by Crippen LogP contribution is 2.76. The van der Waals surface area contributed by atoms with E-state index in [9.17, 15) is 91.9 Å². The molecule has 5 aliphatic heterocycles. The summed E-state index contributed by atoms with van der Waals surface area (Å²) in [5.74, 6) is -1.65. The first-order chi connectivity index (χ1) is 41.8. The molecule has 0 bridgehead atoms. The normalized spacial score (nSPS) is 55.0. The minimum atomic E-state index is -2.01. The lowest BCUT2D eigenvalue weighted by Gasteiger charge is -2.72. The molecule has 0 aromatic carbocycles. The van der Waals surface area contributed by atoms with Gasteiger partial charge in [0.15, 0.2) is 31.3 Å². The van der Waals surface area contributed by atoms with Crippen LogP contribution in [0.2, 0.25) is 0 Å². The van der Waals surface area contributed by atoms with E-state index in [0.717, 1.165) is 5.57 Å². The molecular weight excluding hydrogens is 1180 g/mol. The Balaban J connectivity index is 0.930. The lowest BCUT2D eigenvalue weighted by atomic mass is 9.33. The van der Waals surface area contributed by atoms with Crippen LogP contribution in [0.5, 0.6) is 0 Å². The van der Waals surface area contributed by atoms with Crippen molar-refractivity contribution in [1.29, 1.82) is 0 Å². The van der Waals surface area contributed by atoms with Crippen molar-refractivity contribution in [2.24, 2.45) is 50.2 Å². The molecule has 89 heavy (non-hydrogen) atoms. The lowest BCUT2D eigenvalue weighted by molar-refractivity contribution is -0.387. The number of hydrogen-bond donors (Lipinski definition) is 18. The van der Waals surface area contributed by atoms with Crippen LogP contribution in [0.1, 0.15) is 106 Å². The Morgan fingerprint density at radius 1 is 0.494 bits per heavy atom. The van der Waals surface area contributed by atoms with Gasteiger partial charge in [-0.3, -0.25) is 4.79 Å². The number of ether oxygens (including phenoxy) is 10. The summed E-state index contributed by atoms with van der Waals surface area (Å²) >= 11 is 0. The number of hydrogen-bond acceptors (Lipinski definition) is 29. The second kappa shape index (κ2) is 25.9. The molecule has 0 aromatic rings. The molecule has 35 atom stereocenters. The van der Waals surface area contributed by atoms with E-state index >= 15 is 4.79 Å². The Hall–Kier alpha value is -1.87. The van der Waals surface area contributed by atoms with Gasteiger partial charge in [0.1, 0.15) is 110 Å². The van der Waals surface area contributed by atoms with Crippen LogP contribution < -0.4 is 0 Å². The van der Waals surface area contributed by atoms with Gasteiger partial charge >= 0.3 is 5.97 Å². The second-order valence-electron chi connectivity index (χ2n) is 29.1. The van der Waals surface area contributed by atoms with Gasteiger partial charge in [-0.2, -0.15) is 0 Å². The van der Waals surface area contributed by atoms with Crippen LogP contribution in [0.3, 0.4) is 0 Å². The minimum Gasteiger partial charge on any atom is -0.432 e. The largest absolute Gasteiger partial charge is 0.432 e. The molecule has 5 aliphatic carbocycles. The molecule has 0 unspecified atom stereocenters. The fraction of sp³-hybridized carbons (Fsp3) is 0.950. The Kier molecular flexibility index (Phi) is 20.4. The zero-order valence-corrected chi connectivity index (χ0v) is 51.3. The van der Waals surface area contributed by atoms with Gasteiger partial charge in [0.25, 0.3) is 0 Å². The molecule has 5 heterocycles. The number of fused-ring (bicyclic) bond motifs is 7. The van der Waals surface area contributed by atoms with Crippen molar-refractivity contribution >= 4 is 5.97 Å². The molecule has 18 N–H and O–H groups in total. The van der Waals surface area contributed by atoms with Crippen LogP contribution in [0.4, 0.5) is 0 Å². The van der Waals surface area contributed by atoms with Gasteiger partial charge in [-0.25, -0.2) is 0 Å². The van der Waals surface area contributed by atoms with Crippen molar-refractivity contribution in [2.75, 3.05) is 33.0 Å². The number of aliphatic hydroxyl groups excluding tert-OH is 18. The van der Waals surface area contributed by atoms with Crippen LogP contribution in [0, 0.1) is 50.2 Å². The van der Waals surface area contributed by atoms with Crippen molar-refractivity contribution in [3.05, 3.63) is 11.6 Å². The Bertz CT molecular complexity index is 2480. The zero-order valence-electron chi connectivity index (χ0n) is 51.3. The van der Waals surface area contributed by atoms with Gasteiger partial charge in [0, 0.05) is 5.41 Å². The molecule has 10 rings (SSSR count). The van der Waals surface area contributed by atoms with Crippen molar-refractivity contribution in [3.63, 3.8) is 0 Å². The molecule has 9 fully saturated rings. The first-order valence-corrected chi connectivity index (χ1v) is 31.5. The maximum atomic E-state index is 15.8. The number of carbonyl (C=O) groups is 1. The summed E-state index contributed by atoms with van der Waals surface area (Å²) < 4.78 is 60.3. The molecule has 512 valence electrons. The van der Waals surface area contributed by atoms with Crippen molar-refractivity contribution < 1.29 is 144 Å². The summed E-state index contributed by atoms with van der Waals surface area (Å²) in [5.41, 5.74) is -3.50. The average Bonchev–Trinajstić information content (AvgIpc) is 0.682. The molecule has 5 saturated heterocycles. The molecule has 29 nitrogen and oxygen atoms in total. The van der Waals surface area contributed by atoms with E-state index in [1.165, 1.54) is 6.92 Å². The lowest BCUT2D eigenvalue weighted by Crippen LogP contribution is -2.70. The highest BCUT2D eigenvalue weighted by molar-refractivity contribution is 5.79. The number of aliphatic hydroxyl groups is 18. The fourth-order valence-electron chi connectivity index (χ4n) is 18.1. The second-order valence-corrected chi connectivity index (χ2v) is 29.1. The quantitative estimate of drug-likeness (QED) is 0.0414. The highest BCUT2D eigenvalue weighted by atomic mass is 16.8. The van der Waals surface area contributed by atoms with Crippen molar-refractivity contribution in [1.82, 2.24) is 0 Å². The monoisotopic (exact) mass is 1280 g/mol. The van der Waals surface area contributed by atoms with E-state index in [1.54, 1.807) is 6.92 Å². The third-order valence-electron chi connectivity index (χ3n) is 23.6. The SMILES string of the molecule is C[C@@H]1O[C@@H](O[C@H]2[C@H](OC(=O)[C@]34CCC(C)(C)C[C@H]3C3=CC[C@@H]5[C@@]6(C)C[C@H](O)[C@H](O[C@@H]7O[C@H](CO)[C@@H](O)[C@H](O[C@@H]8O[C@H](CO)[C@@H](O)[C@H](O)[C@H]8O)[C@H]7O)[C@@](C)(CO)[C@@H]6CC[C@@]5(C)[C@]3(C)CC4)O[C@H](CO)[C@@H](O)[C@@H]2O[C@@H]2O[C@H](CO)[C@@H](O)[C@H](O)[C@H]2O)[C@H](O)[C@H](O)[C@H]1O. The van der Waals surface area contributed by atoms with Crippen LogP contribution in [0.15, 0.2) is 11.6 Å². The number of carbonyl (C=O) groups excluding carboxylic acids is 1. The molecule has 10 aliphatic rings. The first kappa shape index (κ1) is 69.9. The molecule has 0 aromatic heterocycles. The van der Waals surface area contributed by atoms with Crippen LogP contribution in [-0.4, -0.2) is 297 Å². The number of allylic oxidation sites excluding steroid dienone is 2. The number of rotatable bonds is 15. The van der Waals surface area contributed by atoms with Crippen molar-refractivity contribution in [3.8, 4) is 0 Å². The van der Waals surface area contributed by atoms with Crippen molar-refractivity contribution in [2.45, 2.75) is 272 Å². The predicted octanol–water partition coefficient (Wildman–Crippen LogP) is -5.24. The summed E-state index contributed by atoms with van der Waals surface area (Å²) in [5, 5.41) is 197. The van der Waals surface area contributed by atoms with E-state index in [0.29, 0.717) is 51.4 Å². The van der Waals surface area contributed by atoms with Gasteiger partial charge in [0.2, 0.25) is 6.29 Å². The highest BCUT2D eigenvalue weighted by Gasteiger charge is 2.72. The molecule has 0 amide bonds. The van der Waals surface area contributed by atoms with E-state index in [1.807, 2.05) is 0 Å². The maximum absolute atomic E-state index is 15.8. The zero-order chi connectivity index (χ0) is 65.2. The molecule has 0 radical (unpaired) electrons. The third kappa shape index (κ3) is 11.6.